The third kappa shape index (κ3) is 17.3. The quantitative estimate of drug-likeness (QED) is 0.0455. The molecule has 14 N–H and O–H groups in total. The van der Waals surface area contributed by atoms with Crippen LogP contribution in [0.1, 0.15) is 57.7 Å². The van der Waals surface area contributed by atoms with E-state index < -0.39 is 114 Å². The number of phenols is 2. The van der Waals surface area contributed by atoms with E-state index in [1.807, 2.05) is 0 Å². The Hall–Kier alpha value is -7.10. The van der Waals surface area contributed by atoms with Crippen LogP contribution in [0.5, 0.6) is 11.5 Å². The zero-order valence-electron chi connectivity index (χ0n) is 37.9. The molecule has 3 rings (SSSR count). The van der Waals surface area contributed by atoms with Gasteiger partial charge in [-0.1, -0.05) is 74.9 Å². The van der Waals surface area contributed by atoms with Crippen LogP contribution < -0.4 is 43.0 Å². The summed E-state index contributed by atoms with van der Waals surface area (Å²) in [6, 6.07) is 9.85. The molecule has 0 heterocycles. The summed E-state index contributed by atoms with van der Waals surface area (Å²) in [5.74, 6) is -8.22. The van der Waals surface area contributed by atoms with E-state index >= 15 is 0 Å². The molecule has 0 bridgehead atoms. The number of carboxylic acids is 1. The summed E-state index contributed by atoms with van der Waals surface area (Å²) >= 11 is 0. The zero-order valence-corrected chi connectivity index (χ0v) is 37.9. The van der Waals surface area contributed by atoms with Gasteiger partial charge in [-0.2, -0.15) is 0 Å². The monoisotopic (exact) mass is 934 g/mol. The Balaban J connectivity index is 1.84. The fraction of sp³-hybridized carbons (Fsp3) is 0.435. The molecule has 10 atom stereocenters. The van der Waals surface area contributed by atoms with Crippen LogP contribution in [0.2, 0.25) is 0 Å². The summed E-state index contributed by atoms with van der Waals surface area (Å²) < 4.78 is 0. The molecule has 0 aromatic heterocycles. The lowest BCUT2D eigenvalue weighted by Crippen LogP contribution is -2.62. The molecule has 67 heavy (non-hydrogen) atoms. The predicted molar refractivity (Wildman–Crippen MR) is 242 cm³/mol. The topological polar surface area (TPSA) is 348 Å². The number of aliphatic hydroxyl groups is 2. The standard InChI is InChI=1S/C46H62N8O13/c1-6-24(2)37(52-41(61)33(49-36(59)23-47)21-29-12-16-31(57)17-13-29)44(64)51-35(20-28-10-8-7-9-11-28)42(62)53-38(26(4)55)45(65)48-25(3)40(60)50-34(22-30-14-18-32(58)19-15-30)43(63)54-39(27(5)56)46(66)67/h7-19,24-27,33-35,37-39,55-58H,6,20-23,47H2,1-5H3,(H,48,65)(H,49,59)(H,50,60)(H,51,64)(H,52,61)(H,53,62)(H,54,63)(H,66,67)/t24-,25-,26+,27+,33-,34-,35-,37-,38-,39-/m0/s1. The first kappa shape index (κ1) is 54.2. The highest BCUT2D eigenvalue weighted by atomic mass is 16.4. The van der Waals surface area contributed by atoms with E-state index in [9.17, 15) is 63.9 Å². The molecule has 0 fully saturated rings. The number of carboxylic acid groups (broad SMARTS) is 1. The van der Waals surface area contributed by atoms with E-state index in [1.54, 1.807) is 56.3 Å². The number of aliphatic hydroxyl groups excluding tert-OH is 2. The lowest BCUT2D eigenvalue weighted by Gasteiger charge is -2.29. The lowest BCUT2D eigenvalue weighted by molar-refractivity contribution is -0.145. The van der Waals surface area contributed by atoms with Gasteiger partial charge in [0.15, 0.2) is 6.04 Å². The number of hydrogen-bond donors (Lipinski definition) is 13. The first-order chi connectivity index (χ1) is 31.6. The van der Waals surface area contributed by atoms with E-state index in [2.05, 4.69) is 37.2 Å². The maximum Gasteiger partial charge on any atom is 0.328 e. The van der Waals surface area contributed by atoms with Crippen molar-refractivity contribution in [2.75, 3.05) is 6.54 Å². The summed E-state index contributed by atoms with van der Waals surface area (Å²) in [5.41, 5.74) is 7.12. The van der Waals surface area contributed by atoms with E-state index in [1.165, 1.54) is 50.2 Å². The minimum Gasteiger partial charge on any atom is -0.508 e. The van der Waals surface area contributed by atoms with E-state index in [4.69, 9.17) is 5.73 Å². The molecule has 0 saturated carbocycles. The highest BCUT2D eigenvalue weighted by Gasteiger charge is 2.36. The third-order valence-corrected chi connectivity index (χ3v) is 10.8. The molecule has 0 aliphatic heterocycles. The highest BCUT2D eigenvalue weighted by Crippen LogP contribution is 2.15. The molecule has 3 aromatic carbocycles. The molecular formula is C46H62N8O13. The first-order valence-corrected chi connectivity index (χ1v) is 21.6. The average Bonchev–Trinajstić information content (AvgIpc) is 3.28. The number of amides is 7. The summed E-state index contributed by atoms with van der Waals surface area (Å²) in [6.07, 6.45) is -3.06. The molecule has 3 aromatic rings. The Morgan fingerprint density at radius 3 is 1.30 bits per heavy atom. The zero-order chi connectivity index (χ0) is 50.0. The summed E-state index contributed by atoms with van der Waals surface area (Å²) in [7, 11) is 0. The lowest BCUT2D eigenvalue weighted by atomic mass is 9.96. The largest absolute Gasteiger partial charge is 0.508 e. The number of hydrogen-bond acceptors (Lipinski definition) is 13. The Morgan fingerprint density at radius 1 is 0.493 bits per heavy atom. The Bertz CT molecular complexity index is 2160. The second kappa shape index (κ2) is 26.1. The molecule has 0 saturated heterocycles. The van der Waals surface area contributed by atoms with E-state index in [0.29, 0.717) is 23.1 Å². The van der Waals surface area contributed by atoms with Crippen LogP contribution in [-0.4, -0.2) is 134 Å². The van der Waals surface area contributed by atoms with Crippen molar-refractivity contribution in [2.45, 2.75) is 115 Å². The molecule has 0 unspecified atom stereocenters. The van der Waals surface area contributed by atoms with Crippen molar-refractivity contribution in [2.24, 2.45) is 11.7 Å². The molecule has 21 nitrogen and oxygen atoms in total. The van der Waals surface area contributed by atoms with Crippen LogP contribution in [0, 0.1) is 5.92 Å². The molecule has 7 amide bonds. The fourth-order valence-electron chi connectivity index (χ4n) is 6.65. The summed E-state index contributed by atoms with van der Waals surface area (Å²) in [4.78, 5) is 107. The molecule has 0 spiro atoms. The van der Waals surface area contributed by atoms with Gasteiger partial charge in [0.25, 0.3) is 0 Å². The number of rotatable bonds is 25. The fourth-order valence-corrected chi connectivity index (χ4v) is 6.65. The maximum absolute atomic E-state index is 14.2. The van der Waals surface area contributed by atoms with E-state index in [-0.39, 0.29) is 30.8 Å². The number of aliphatic carboxylic acids is 1. The number of carbonyl (C=O) groups excluding carboxylic acids is 7. The number of phenolic OH excluding ortho intramolecular Hbond substituents is 2. The molecule has 0 radical (unpaired) electrons. The van der Waals surface area contributed by atoms with Crippen LogP contribution in [-0.2, 0) is 57.6 Å². The van der Waals surface area contributed by atoms with Crippen molar-refractivity contribution in [3.63, 3.8) is 0 Å². The number of nitrogens with two attached hydrogens (primary N) is 1. The van der Waals surface area contributed by atoms with Gasteiger partial charge in [-0.05, 0) is 67.6 Å². The molecule has 21 heteroatoms. The normalized spacial score (nSPS) is 15.5. The number of carbonyl (C=O) groups is 8. The first-order valence-electron chi connectivity index (χ1n) is 21.6. The van der Waals surface area contributed by atoms with Crippen LogP contribution >= 0.6 is 0 Å². The average molecular weight is 935 g/mol. The SMILES string of the molecule is CC[C@H](C)[C@H](NC(=O)[C@H](Cc1ccc(O)cc1)NC(=O)CN)C(=O)N[C@@H](Cc1ccccc1)C(=O)N[C@H](C(=O)N[C@@H](C)C(=O)N[C@@H](Cc1ccc(O)cc1)C(=O)N[C@H](C(=O)O)[C@@H](C)O)[C@@H](C)O. The van der Waals surface area contributed by atoms with Gasteiger partial charge in [-0.3, -0.25) is 33.6 Å². The number of aromatic hydroxyl groups is 2. The summed E-state index contributed by atoms with van der Waals surface area (Å²) in [5, 5.41) is 67.0. The van der Waals surface area contributed by atoms with Crippen molar-refractivity contribution < 1.29 is 63.9 Å². The van der Waals surface area contributed by atoms with Gasteiger partial charge in [0.05, 0.1) is 18.8 Å². The van der Waals surface area contributed by atoms with Gasteiger partial charge < -0.3 is 68.5 Å². The molecular weight excluding hydrogens is 873 g/mol. The van der Waals surface area contributed by atoms with Gasteiger partial charge in [0.2, 0.25) is 41.4 Å². The van der Waals surface area contributed by atoms with Crippen LogP contribution in [0.15, 0.2) is 78.9 Å². The van der Waals surface area contributed by atoms with Gasteiger partial charge in [-0.15, -0.1) is 0 Å². The Kier molecular flexibility index (Phi) is 21.2. The third-order valence-electron chi connectivity index (χ3n) is 10.8. The van der Waals surface area contributed by atoms with Gasteiger partial charge >= 0.3 is 5.97 Å². The van der Waals surface area contributed by atoms with Crippen molar-refractivity contribution in [1.29, 1.82) is 0 Å². The van der Waals surface area contributed by atoms with Gasteiger partial charge in [0.1, 0.15) is 47.8 Å². The smallest absolute Gasteiger partial charge is 0.328 e. The maximum atomic E-state index is 14.2. The van der Waals surface area contributed by atoms with Crippen LogP contribution in [0.25, 0.3) is 0 Å². The van der Waals surface area contributed by atoms with Gasteiger partial charge in [0, 0.05) is 19.3 Å². The minimum absolute atomic E-state index is 0.0129. The summed E-state index contributed by atoms with van der Waals surface area (Å²) in [6.45, 7) is 6.64. The Labute approximate surface area is 387 Å². The highest BCUT2D eigenvalue weighted by molar-refractivity contribution is 5.97. The Morgan fingerprint density at radius 2 is 0.881 bits per heavy atom. The van der Waals surface area contributed by atoms with Crippen molar-refractivity contribution >= 4 is 47.3 Å². The number of nitrogens with one attached hydrogen (secondary N) is 7. The van der Waals surface area contributed by atoms with E-state index in [0.717, 1.165) is 6.92 Å². The molecule has 364 valence electrons. The van der Waals surface area contributed by atoms with Crippen molar-refractivity contribution in [1.82, 2.24) is 37.2 Å². The molecule has 0 aliphatic carbocycles. The molecule has 0 aliphatic rings. The van der Waals surface area contributed by atoms with Crippen LogP contribution in [0.4, 0.5) is 0 Å². The second-order valence-electron chi connectivity index (χ2n) is 16.3. The predicted octanol–water partition coefficient (Wildman–Crippen LogP) is -1.61. The second-order valence-corrected chi connectivity index (χ2v) is 16.3. The van der Waals surface area contributed by atoms with Crippen molar-refractivity contribution in [3.8, 4) is 11.5 Å². The van der Waals surface area contributed by atoms with Crippen LogP contribution in [0.3, 0.4) is 0 Å². The van der Waals surface area contributed by atoms with Crippen molar-refractivity contribution in [3.05, 3.63) is 95.6 Å². The number of benzene rings is 3. The van der Waals surface area contributed by atoms with Gasteiger partial charge in [-0.25, -0.2) is 4.79 Å². The minimum atomic E-state index is -1.74.